The van der Waals surface area contributed by atoms with Gasteiger partial charge in [0.1, 0.15) is 6.54 Å². The van der Waals surface area contributed by atoms with E-state index in [1.165, 1.54) is 5.56 Å². The number of rotatable bonds is 4. The van der Waals surface area contributed by atoms with Crippen molar-refractivity contribution in [2.75, 3.05) is 16.8 Å². The second-order valence-corrected chi connectivity index (χ2v) is 7.79. The van der Waals surface area contributed by atoms with Gasteiger partial charge in [0, 0.05) is 11.4 Å². The lowest BCUT2D eigenvalue weighted by Gasteiger charge is -2.24. The lowest BCUT2D eigenvalue weighted by atomic mass is 10.0. The van der Waals surface area contributed by atoms with Crippen LogP contribution in [0.5, 0.6) is 0 Å². The predicted molar refractivity (Wildman–Crippen MR) is 112 cm³/mol. The van der Waals surface area contributed by atoms with Gasteiger partial charge in [0.25, 0.3) is 0 Å². The Hall–Kier alpha value is -2.95. The molecule has 0 aromatic heterocycles. The number of nitrogens with one attached hydrogen (secondary N) is 1. The summed E-state index contributed by atoms with van der Waals surface area (Å²) in [6.45, 7) is 4.26. The van der Waals surface area contributed by atoms with E-state index in [4.69, 9.17) is 4.99 Å². The minimum absolute atomic E-state index is 0.0128. The molecule has 2 aromatic rings. The molecular weight excluding hydrogens is 350 g/mol. The summed E-state index contributed by atoms with van der Waals surface area (Å²) >= 11 is 0. The molecule has 1 N–H and O–H groups in total. The number of para-hydroxylation sites is 2. The summed E-state index contributed by atoms with van der Waals surface area (Å²) in [4.78, 5) is 32.2. The van der Waals surface area contributed by atoms with Crippen molar-refractivity contribution in [3.63, 3.8) is 0 Å². The van der Waals surface area contributed by atoms with E-state index in [2.05, 4.69) is 19.2 Å². The molecule has 0 spiro atoms. The molecule has 2 aromatic carbocycles. The van der Waals surface area contributed by atoms with Crippen LogP contribution in [0.3, 0.4) is 0 Å². The Morgan fingerprint density at radius 2 is 1.93 bits per heavy atom. The standard InChI is InChI=1S/C23H25N3O2/c1-15(2)16-10-12-17(13-11-16)24-22(27)14-26-21-9-4-3-7-20(21)25-19-8-5-6-18(19)23(26)28/h3-4,7,9-13,15,18H,5-6,8,14H2,1-2H3,(H,24,27). The monoisotopic (exact) mass is 375 g/mol. The maximum Gasteiger partial charge on any atom is 0.244 e. The van der Waals surface area contributed by atoms with Crippen molar-refractivity contribution in [3.8, 4) is 0 Å². The van der Waals surface area contributed by atoms with Gasteiger partial charge in [0.15, 0.2) is 0 Å². The quantitative estimate of drug-likeness (QED) is 0.844. The molecule has 1 fully saturated rings. The molecule has 1 aliphatic carbocycles. The van der Waals surface area contributed by atoms with Gasteiger partial charge in [-0.2, -0.15) is 0 Å². The number of fused-ring (bicyclic) bond motifs is 2. The third-order valence-corrected chi connectivity index (χ3v) is 5.49. The zero-order valence-electron chi connectivity index (χ0n) is 16.3. The molecule has 2 aliphatic rings. The van der Waals surface area contributed by atoms with E-state index in [0.29, 0.717) is 11.6 Å². The van der Waals surface area contributed by atoms with Gasteiger partial charge in [-0.3, -0.25) is 14.6 Å². The van der Waals surface area contributed by atoms with Gasteiger partial charge in [-0.15, -0.1) is 0 Å². The highest BCUT2D eigenvalue weighted by atomic mass is 16.2. The Bertz CT molecular complexity index is 931. The van der Waals surface area contributed by atoms with Gasteiger partial charge < -0.3 is 10.2 Å². The van der Waals surface area contributed by atoms with Crippen LogP contribution in [0, 0.1) is 5.92 Å². The zero-order valence-corrected chi connectivity index (χ0v) is 16.3. The van der Waals surface area contributed by atoms with Crippen LogP contribution < -0.4 is 10.2 Å². The second kappa shape index (κ2) is 7.58. The van der Waals surface area contributed by atoms with Crippen molar-refractivity contribution in [2.45, 2.75) is 39.0 Å². The Kier molecular flexibility index (Phi) is 4.99. The summed E-state index contributed by atoms with van der Waals surface area (Å²) in [5.74, 6) is 0.00973. The highest BCUT2D eigenvalue weighted by Crippen LogP contribution is 2.37. The van der Waals surface area contributed by atoms with Crippen LogP contribution in [0.2, 0.25) is 0 Å². The fourth-order valence-corrected chi connectivity index (χ4v) is 3.94. The first-order valence-corrected chi connectivity index (χ1v) is 9.90. The Labute approximate surface area is 165 Å². The van der Waals surface area contributed by atoms with E-state index in [0.717, 1.165) is 36.3 Å². The molecular formula is C23H25N3O2. The minimum Gasteiger partial charge on any atom is -0.325 e. The normalized spacial score (nSPS) is 18.4. The third-order valence-electron chi connectivity index (χ3n) is 5.49. The molecule has 5 nitrogen and oxygen atoms in total. The molecule has 5 heteroatoms. The summed E-state index contributed by atoms with van der Waals surface area (Å²) < 4.78 is 0. The number of carbonyl (C=O) groups is 2. The third kappa shape index (κ3) is 3.57. The molecule has 1 atom stereocenters. The maximum atomic E-state index is 13.2. The first-order valence-electron chi connectivity index (χ1n) is 9.90. The lowest BCUT2D eigenvalue weighted by molar-refractivity contribution is -0.122. The van der Waals surface area contributed by atoms with Crippen molar-refractivity contribution >= 4 is 34.6 Å². The van der Waals surface area contributed by atoms with E-state index in [9.17, 15) is 9.59 Å². The van der Waals surface area contributed by atoms with Crippen molar-refractivity contribution in [1.82, 2.24) is 0 Å². The van der Waals surface area contributed by atoms with Crippen LogP contribution in [-0.4, -0.2) is 24.1 Å². The summed E-state index contributed by atoms with van der Waals surface area (Å²) in [7, 11) is 0. The van der Waals surface area contributed by atoms with Crippen LogP contribution >= 0.6 is 0 Å². The van der Waals surface area contributed by atoms with Crippen LogP contribution in [0.4, 0.5) is 17.1 Å². The SMILES string of the molecule is CC(C)c1ccc(NC(=O)CN2C(=O)C3CCCC3=Nc3ccccc32)cc1. The van der Waals surface area contributed by atoms with E-state index in [1.54, 1.807) is 4.90 Å². The molecule has 0 saturated heterocycles. The van der Waals surface area contributed by atoms with E-state index >= 15 is 0 Å². The number of amides is 2. The van der Waals surface area contributed by atoms with Crippen molar-refractivity contribution in [1.29, 1.82) is 0 Å². The van der Waals surface area contributed by atoms with E-state index in [-0.39, 0.29) is 24.3 Å². The van der Waals surface area contributed by atoms with Crippen molar-refractivity contribution < 1.29 is 9.59 Å². The average Bonchev–Trinajstić information content (AvgIpc) is 3.11. The molecule has 1 heterocycles. The van der Waals surface area contributed by atoms with Crippen molar-refractivity contribution in [3.05, 3.63) is 54.1 Å². The van der Waals surface area contributed by atoms with Gasteiger partial charge >= 0.3 is 0 Å². The van der Waals surface area contributed by atoms with Gasteiger partial charge in [-0.1, -0.05) is 38.1 Å². The largest absolute Gasteiger partial charge is 0.325 e. The van der Waals surface area contributed by atoms with Crippen LogP contribution in [0.1, 0.15) is 44.6 Å². The van der Waals surface area contributed by atoms with Gasteiger partial charge in [-0.05, 0) is 55.0 Å². The summed E-state index contributed by atoms with van der Waals surface area (Å²) in [6.07, 6.45) is 2.63. The van der Waals surface area contributed by atoms with Crippen LogP contribution in [0.25, 0.3) is 0 Å². The molecule has 4 rings (SSSR count). The fraction of sp³-hybridized carbons (Fsp3) is 0.348. The van der Waals surface area contributed by atoms with Gasteiger partial charge in [-0.25, -0.2) is 0 Å². The number of benzene rings is 2. The number of hydrogen-bond donors (Lipinski definition) is 1. The number of nitrogens with zero attached hydrogens (tertiary/aromatic N) is 2. The maximum absolute atomic E-state index is 13.2. The number of aliphatic imine (C=N–C) groups is 1. The molecule has 1 aliphatic heterocycles. The summed E-state index contributed by atoms with van der Waals surface area (Å²) in [5, 5.41) is 2.92. The first-order chi connectivity index (χ1) is 13.5. The zero-order chi connectivity index (χ0) is 19.7. The highest BCUT2D eigenvalue weighted by molar-refractivity contribution is 6.16. The van der Waals surface area contributed by atoms with Gasteiger partial charge in [0.05, 0.1) is 17.3 Å². The van der Waals surface area contributed by atoms with Crippen LogP contribution in [0.15, 0.2) is 53.5 Å². The van der Waals surface area contributed by atoms with Crippen LogP contribution in [-0.2, 0) is 9.59 Å². The molecule has 2 amide bonds. The summed E-state index contributed by atoms with van der Waals surface area (Å²) in [5.41, 5.74) is 4.39. The Balaban J connectivity index is 1.55. The fourth-order valence-electron chi connectivity index (χ4n) is 3.94. The first kappa shape index (κ1) is 18.4. The molecule has 1 saturated carbocycles. The summed E-state index contributed by atoms with van der Waals surface area (Å²) in [6, 6.07) is 15.4. The number of hydrogen-bond acceptors (Lipinski definition) is 3. The predicted octanol–water partition coefficient (Wildman–Crippen LogP) is 4.67. The number of anilines is 2. The van der Waals surface area contributed by atoms with Gasteiger partial charge in [0.2, 0.25) is 11.8 Å². The lowest BCUT2D eigenvalue weighted by Crippen LogP contribution is -2.41. The van der Waals surface area contributed by atoms with E-state index < -0.39 is 0 Å². The minimum atomic E-state index is -0.207. The highest BCUT2D eigenvalue weighted by Gasteiger charge is 2.37. The second-order valence-electron chi connectivity index (χ2n) is 7.79. The average molecular weight is 375 g/mol. The molecule has 1 unspecified atom stereocenters. The smallest absolute Gasteiger partial charge is 0.244 e. The molecule has 0 radical (unpaired) electrons. The van der Waals surface area contributed by atoms with E-state index in [1.807, 2.05) is 48.5 Å². The van der Waals surface area contributed by atoms with Crippen molar-refractivity contribution in [2.24, 2.45) is 10.9 Å². The number of carbonyl (C=O) groups excluding carboxylic acids is 2. The molecule has 0 bridgehead atoms. The molecule has 144 valence electrons. The Morgan fingerprint density at radius 3 is 2.68 bits per heavy atom. The topological polar surface area (TPSA) is 61.8 Å². The molecule has 28 heavy (non-hydrogen) atoms. The Morgan fingerprint density at radius 1 is 1.18 bits per heavy atom.